The molecule has 8 nitrogen and oxygen atoms in total. The fourth-order valence-corrected chi connectivity index (χ4v) is 3.03. The number of carbonyl (C=O) groups excluding carboxylic acids is 2. The van der Waals surface area contributed by atoms with Gasteiger partial charge in [-0.15, -0.1) is 0 Å². The van der Waals surface area contributed by atoms with Gasteiger partial charge in [0.2, 0.25) is 5.90 Å². The van der Waals surface area contributed by atoms with E-state index in [-0.39, 0.29) is 17.5 Å². The summed E-state index contributed by atoms with van der Waals surface area (Å²) in [4.78, 5) is 30.3. The quantitative estimate of drug-likeness (QED) is 0.464. The zero-order valence-electron chi connectivity index (χ0n) is 18.7. The Morgan fingerprint density at radius 1 is 1.19 bits per heavy atom. The molecule has 8 heteroatoms. The number of aliphatic imine (C=N–C) groups is 1. The minimum absolute atomic E-state index is 0.160. The van der Waals surface area contributed by atoms with Crippen LogP contribution in [0.15, 0.2) is 53.2 Å². The number of cyclic esters (lactones) is 1. The van der Waals surface area contributed by atoms with Crippen molar-refractivity contribution < 1.29 is 28.5 Å². The first-order chi connectivity index (χ1) is 15.3. The number of rotatable bonds is 8. The zero-order chi connectivity index (χ0) is 23.3. The van der Waals surface area contributed by atoms with Gasteiger partial charge >= 0.3 is 5.97 Å². The van der Waals surface area contributed by atoms with Gasteiger partial charge in [0.1, 0.15) is 5.75 Å². The molecule has 0 aromatic heterocycles. The van der Waals surface area contributed by atoms with E-state index in [4.69, 9.17) is 18.9 Å². The van der Waals surface area contributed by atoms with Crippen LogP contribution in [0.5, 0.6) is 17.2 Å². The van der Waals surface area contributed by atoms with Crippen LogP contribution in [0.3, 0.4) is 0 Å². The zero-order valence-corrected chi connectivity index (χ0v) is 18.7. The van der Waals surface area contributed by atoms with E-state index in [9.17, 15) is 9.59 Å². The van der Waals surface area contributed by atoms with Crippen LogP contribution in [-0.2, 0) is 14.3 Å². The molecule has 3 rings (SSSR count). The van der Waals surface area contributed by atoms with Crippen molar-refractivity contribution >= 4 is 23.9 Å². The summed E-state index contributed by atoms with van der Waals surface area (Å²) in [5.74, 6) is 1.03. The summed E-state index contributed by atoms with van der Waals surface area (Å²) in [6.07, 6.45) is 0.934. The minimum atomic E-state index is -0.673. The van der Waals surface area contributed by atoms with E-state index in [0.29, 0.717) is 35.0 Å². The molecule has 168 valence electrons. The lowest BCUT2D eigenvalue weighted by molar-refractivity contribution is -0.135. The van der Waals surface area contributed by atoms with Gasteiger partial charge in [-0.25, -0.2) is 9.79 Å². The Hall–Kier alpha value is -3.81. The Morgan fingerprint density at radius 3 is 2.66 bits per heavy atom. The Kier molecular flexibility index (Phi) is 7.14. The number of esters is 1. The third-order valence-electron chi connectivity index (χ3n) is 4.60. The maximum absolute atomic E-state index is 12.3. The largest absolute Gasteiger partial charge is 0.497 e. The molecule has 2 aromatic carbocycles. The fourth-order valence-electron chi connectivity index (χ4n) is 3.03. The minimum Gasteiger partial charge on any atom is -0.497 e. The van der Waals surface area contributed by atoms with E-state index >= 15 is 0 Å². The molecule has 0 spiro atoms. The highest BCUT2D eigenvalue weighted by Gasteiger charge is 2.25. The summed E-state index contributed by atoms with van der Waals surface area (Å²) in [5.41, 5.74) is 1.48. The average Bonchev–Trinajstić information content (AvgIpc) is 3.15. The SMILES string of the molecule is CCOc1cc(/C=C2\N=C(c3cccc(OC)c3)OC2=O)ccc1OC(C)C(=O)N(C)C. The van der Waals surface area contributed by atoms with Crippen molar-refractivity contribution in [1.82, 2.24) is 4.90 Å². The maximum atomic E-state index is 12.3. The molecule has 1 aliphatic heterocycles. The molecule has 0 saturated carbocycles. The summed E-state index contributed by atoms with van der Waals surface area (Å²) in [7, 11) is 4.90. The first-order valence-corrected chi connectivity index (χ1v) is 10.1. The van der Waals surface area contributed by atoms with Gasteiger partial charge < -0.3 is 23.8 Å². The van der Waals surface area contributed by atoms with E-state index in [1.807, 2.05) is 6.92 Å². The van der Waals surface area contributed by atoms with Crippen LogP contribution in [0.25, 0.3) is 6.08 Å². The van der Waals surface area contributed by atoms with E-state index in [1.165, 1.54) is 4.90 Å². The van der Waals surface area contributed by atoms with Gasteiger partial charge in [0.25, 0.3) is 5.91 Å². The highest BCUT2D eigenvalue weighted by Crippen LogP contribution is 2.31. The second-order valence-electron chi connectivity index (χ2n) is 7.20. The molecule has 0 aliphatic carbocycles. The number of hydrogen-bond donors (Lipinski definition) is 0. The second kappa shape index (κ2) is 10.00. The second-order valence-corrected chi connectivity index (χ2v) is 7.20. The number of nitrogens with zero attached hydrogens (tertiary/aromatic N) is 2. The third kappa shape index (κ3) is 5.26. The van der Waals surface area contributed by atoms with Gasteiger partial charge in [0, 0.05) is 19.7 Å². The Bertz CT molecular complexity index is 1070. The first kappa shape index (κ1) is 22.9. The monoisotopic (exact) mass is 438 g/mol. The lowest BCUT2D eigenvalue weighted by Crippen LogP contribution is -2.35. The van der Waals surface area contributed by atoms with Crippen LogP contribution < -0.4 is 14.2 Å². The normalized spacial score (nSPS) is 15.1. The maximum Gasteiger partial charge on any atom is 0.363 e. The van der Waals surface area contributed by atoms with E-state index in [2.05, 4.69) is 4.99 Å². The van der Waals surface area contributed by atoms with Crippen molar-refractivity contribution in [1.29, 1.82) is 0 Å². The number of carbonyl (C=O) groups is 2. The van der Waals surface area contributed by atoms with Crippen molar-refractivity contribution in [3.63, 3.8) is 0 Å². The van der Waals surface area contributed by atoms with Crippen molar-refractivity contribution in [3.05, 3.63) is 59.3 Å². The molecule has 1 heterocycles. The lowest BCUT2D eigenvalue weighted by atomic mass is 10.1. The smallest absolute Gasteiger partial charge is 0.363 e. The van der Waals surface area contributed by atoms with Crippen LogP contribution >= 0.6 is 0 Å². The number of benzene rings is 2. The van der Waals surface area contributed by atoms with Crippen LogP contribution in [0.4, 0.5) is 0 Å². The molecule has 1 aliphatic rings. The molecule has 1 atom stereocenters. The van der Waals surface area contributed by atoms with Crippen molar-refractivity contribution in [2.45, 2.75) is 20.0 Å². The van der Waals surface area contributed by atoms with Gasteiger partial charge in [-0.1, -0.05) is 12.1 Å². The molecular formula is C24H26N2O6. The van der Waals surface area contributed by atoms with Gasteiger partial charge in [0.05, 0.1) is 13.7 Å². The number of methoxy groups -OCH3 is 1. The highest BCUT2D eigenvalue weighted by atomic mass is 16.6. The van der Waals surface area contributed by atoms with Crippen molar-refractivity contribution in [2.24, 2.45) is 4.99 Å². The molecule has 1 amide bonds. The molecule has 2 aromatic rings. The predicted molar refractivity (Wildman–Crippen MR) is 120 cm³/mol. The number of ether oxygens (including phenoxy) is 4. The third-order valence-corrected chi connectivity index (χ3v) is 4.60. The van der Waals surface area contributed by atoms with Crippen LogP contribution in [0.2, 0.25) is 0 Å². The van der Waals surface area contributed by atoms with Gasteiger partial charge in [0.15, 0.2) is 23.3 Å². The fraction of sp³-hybridized carbons (Fsp3) is 0.292. The van der Waals surface area contributed by atoms with E-state index < -0.39 is 12.1 Å². The predicted octanol–water partition coefficient (Wildman–Crippen LogP) is 3.29. The van der Waals surface area contributed by atoms with E-state index in [0.717, 1.165) is 0 Å². The summed E-state index contributed by atoms with van der Waals surface area (Å²) < 4.78 is 22.0. The van der Waals surface area contributed by atoms with Crippen molar-refractivity contribution in [3.8, 4) is 17.2 Å². The molecule has 0 saturated heterocycles. The molecular weight excluding hydrogens is 412 g/mol. The number of hydrogen-bond acceptors (Lipinski definition) is 7. The molecule has 0 N–H and O–H groups in total. The standard InChI is InChI=1S/C24H26N2O6/c1-6-30-21-13-16(10-11-20(21)31-15(2)23(27)26(3)4)12-19-24(28)32-22(25-19)17-8-7-9-18(14-17)29-5/h7-15H,6H2,1-5H3/b19-12-. The van der Waals surface area contributed by atoms with Gasteiger partial charge in [-0.3, -0.25) is 4.79 Å². The number of likely N-dealkylation sites (N-methyl/N-ethyl adjacent to an activating group) is 1. The van der Waals surface area contributed by atoms with Crippen LogP contribution in [0, 0.1) is 0 Å². The molecule has 0 radical (unpaired) electrons. The summed E-state index contributed by atoms with van der Waals surface area (Å²) in [6, 6.07) is 12.3. The van der Waals surface area contributed by atoms with Gasteiger partial charge in [-0.2, -0.15) is 0 Å². The Balaban J connectivity index is 1.87. The molecule has 32 heavy (non-hydrogen) atoms. The van der Waals surface area contributed by atoms with Crippen LogP contribution in [0.1, 0.15) is 25.0 Å². The van der Waals surface area contributed by atoms with Gasteiger partial charge in [-0.05, 0) is 55.8 Å². The Labute approximate surface area is 187 Å². The average molecular weight is 438 g/mol. The summed E-state index contributed by atoms with van der Waals surface area (Å²) >= 11 is 0. The van der Waals surface area contributed by atoms with E-state index in [1.54, 1.807) is 76.7 Å². The Morgan fingerprint density at radius 2 is 1.97 bits per heavy atom. The molecule has 0 bridgehead atoms. The molecule has 1 unspecified atom stereocenters. The summed E-state index contributed by atoms with van der Waals surface area (Å²) in [5, 5.41) is 0. The topological polar surface area (TPSA) is 86.7 Å². The summed E-state index contributed by atoms with van der Waals surface area (Å²) in [6.45, 7) is 3.94. The van der Waals surface area contributed by atoms with Crippen molar-refractivity contribution in [2.75, 3.05) is 27.8 Å². The lowest BCUT2D eigenvalue weighted by Gasteiger charge is -2.20. The molecule has 0 fully saturated rings. The highest BCUT2D eigenvalue weighted by molar-refractivity contribution is 6.13. The number of amides is 1. The first-order valence-electron chi connectivity index (χ1n) is 10.1. The van der Waals surface area contributed by atoms with Crippen LogP contribution in [-0.4, -0.2) is 56.6 Å².